The van der Waals surface area contributed by atoms with Gasteiger partial charge < -0.3 is 15.0 Å². The van der Waals surface area contributed by atoms with E-state index in [1.54, 1.807) is 31.4 Å². The lowest BCUT2D eigenvalue weighted by atomic mass is 10.1. The molecule has 3 aromatic carbocycles. The number of ether oxygens (including phenoxy) is 1. The van der Waals surface area contributed by atoms with Crippen LogP contribution in [0.1, 0.15) is 6.42 Å². The average Bonchev–Trinajstić information content (AvgIpc) is 3.23. The van der Waals surface area contributed by atoms with Gasteiger partial charge in [0.1, 0.15) is 11.8 Å². The fourth-order valence-electron chi connectivity index (χ4n) is 4.38. The number of carbonyl (C=O) groups is 1. The fraction of sp³-hybridized carbons (Fsp3) is 0.208. The number of carbonyl (C=O) groups excluding carboxylic acids is 1. The van der Waals surface area contributed by atoms with Crippen molar-refractivity contribution in [3.8, 4) is 16.9 Å². The van der Waals surface area contributed by atoms with Crippen LogP contribution in [-0.2, 0) is 14.8 Å². The summed E-state index contributed by atoms with van der Waals surface area (Å²) in [4.78, 5) is 14.7. The van der Waals surface area contributed by atoms with Crippen LogP contribution in [-0.4, -0.2) is 40.1 Å². The van der Waals surface area contributed by atoms with Crippen LogP contribution in [0.4, 0.5) is 11.4 Å². The first kappa shape index (κ1) is 20.5. The Bertz CT molecular complexity index is 1260. The van der Waals surface area contributed by atoms with Crippen LogP contribution in [0.3, 0.4) is 0 Å². The molecule has 3 aromatic rings. The van der Waals surface area contributed by atoms with Crippen LogP contribution in [0.2, 0.25) is 0 Å². The third-order valence-corrected chi connectivity index (χ3v) is 7.52. The van der Waals surface area contributed by atoms with Crippen molar-refractivity contribution in [1.82, 2.24) is 4.72 Å². The summed E-state index contributed by atoms with van der Waals surface area (Å²) in [5.74, 6) is 0.663. The predicted molar refractivity (Wildman–Crippen MR) is 123 cm³/mol. The SMILES string of the molecule is COc1ccc(-c2ccc(S(=O)(=O)NC3CC4C(=O)Nc5ccccc5N4C3)cc2)cc1. The maximum atomic E-state index is 13.0. The van der Waals surface area contributed by atoms with Gasteiger partial charge in [-0.25, -0.2) is 13.1 Å². The van der Waals surface area contributed by atoms with Crippen molar-refractivity contribution in [2.45, 2.75) is 23.4 Å². The number of hydrogen-bond acceptors (Lipinski definition) is 5. The average molecular weight is 450 g/mol. The van der Waals surface area contributed by atoms with Crippen molar-refractivity contribution >= 4 is 27.3 Å². The molecule has 0 radical (unpaired) electrons. The minimum Gasteiger partial charge on any atom is -0.497 e. The van der Waals surface area contributed by atoms with E-state index in [9.17, 15) is 13.2 Å². The fourth-order valence-corrected chi connectivity index (χ4v) is 5.62. The van der Waals surface area contributed by atoms with Crippen molar-refractivity contribution in [1.29, 1.82) is 0 Å². The molecule has 8 heteroatoms. The van der Waals surface area contributed by atoms with E-state index in [0.717, 1.165) is 28.3 Å². The summed E-state index contributed by atoms with van der Waals surface area (Å²) >= 11 is 0. The number of nitrogens with zero attached hydrogens (tertiary/aromatic N) is 1. The molecular weight excluding hydrogens is 426 g/mol. The van der Waals surface area contributed by atoms with Crippen LogP contribution in [0.15, 0.2) is 77.7 Å². The van der Waals surface area contributed by atoms with Crippen molar-refractivity contribution < 1.29 is 17.9 Å². The van der Waals surface area contributed by atoms with Crippen LogP contribution < -0.4 is 19.7 Å². The van der Waals surface area contributed by atoms with Crippen molar-refractivity contribution in [2.75, 3.05) is 23.9 Å². The quantitative estimate of drug-likeness (QED) is 0.624. The van der Waals surface area contributed by atoms with E-state index >= 15 is 0 Å². The van der Waals surface area contributed by atoms with Crippen molar-refractivity contribution in [2.24, 2.45) is 0 Å². The summed E-state index contributed by atoms with van der Waals surface area (Å²) in [6, 6.07) is 21.2. The minimum absolute atomic E-state index is 0.103. The highest BCUT2D eigenvalue weighted by molar-refractivity contribution is 7.89. The summed E-state index contributed by atoms with van der Waals surface area (Å²) < 4.78 is 34.0. The maximum Gasteiger partial charge on any atom is 0.247 e. The molecule has 7 nitrogen and oxygen atoms in total. The van der Waals surface area contributed by atoms with E-state index in [0.29, 0.717) is 13.0 Å². The van der Waals surface area contributed by atoms with Gasteiger partial charge in [-0.3, -0.25) is 4.79 Å². The molecule has 0 aromatic heterocycles. The molecule has 1 saturated heterocycles. The Morgan fingerprint density at radius 3 is 2.31 bits per heavy atom. The minimum atomic E-state index is -3.72. The molecule has 0 aliphatic carbocycles. The lowest BCUT2D eigenvalue weighted by Crippen LogP contribution is -2.44. The molecule has 5 rings (SSSR count). The standard InChI is InChI=1S/C24H23N3O4S/c1-31-19-10-6-16(7-11-19)17-8-12-20(13-9-17)32(29,30)26-18-14-23-24(28)25-21-4-2-3-5-22(21)27(23)15-18/h2-13,18,23,26H,14-15H2,1H3,(H,25,28). The smallest absolute Gasteiger partial charge is 0.247 e. The van der Waals surface area contributed by atoms with Crippen molar-refractivity contribution in [3.05, 3.63) is 72.8 Å². The first-order valence-electron chi connectivity index (χ1n) is 10.4. The predicted octanol–water partition coefficient (Wildman–Crippen LogP) is 3.24. The summed E-state index contributed by atoms with van der Waals surface area (Å²) in [6.45, 7) is 0.443. The number of rotatable bonds is 5. The highest BCUT2D eigenvalue weighted by Crippen LogP contribution is 2.36. The second kappa shape index (κ2) is 7.96. The molecule has 2 heterocycles. The molecule has 0 spiro atoms. The van der Waals surface area contributed by atoms with Crippen LogP contribution >= 0.6 is 0 Å². The summed E-state index contributed by atoms with van der Waals surface area (Å²) in [7, 11) is -2.11. The van der Waals surface area contributed by atoms with Gasteiger partial charge in [-0.2, -0.15) is 0 Å². The van der Waals surface area contributed by atoms with Gasteiger partial charge >= 0.3 is 0 Å². The zero-order chi connectivity index (χ0) is 22.3. The van der Waals surface area contributed by atoms with Crippen LogP contribution in [0.25, 0.3) is 11.1 Å². The van der Waals surface area contributed by atoms with E-state index < -0.39 is 10.0 Å². The Hall–Kier alpha value is -3.36. The van der Waals surface area contributed by atoms with Gasteiger partial charge in [-0.1, -0.05) is 36.4 Å². The van der Waals surface area contributed by atoms with Gasteiger partial charge in [0.2, 0.25) is 15.9 Å². The topological polar surface area (TPSA) is 87.7 Å². The van der Waals surface area contributed by atoms with E-state index in [1.165, 1.54) is 0 Å². The van der Waals surface area contributed by atoms with Gasteiger partial charge in [0.25, 0.3) is 0 Å². The number of para-hydroxylation sites is 2. The molecule has 2 aliphatic rings. The zero-order valence-corrected chi connectivity index (χ0v) is 18.3. The van der Waals surface area contributed by atoms with Crippen LogP contribution in [0, 0.1) is 0 Å². The van der Waals surface area contributed by atoms with Gasteiger partial charge in [0, 0.05) is 12.6 Å². The monoisotopic (exact) mass is 449 g/mol. The third-order valence-electron chi connectivity index (χ3n) is 5.98. The number of nitrogens with one attached hydrogen (secondary N) is 2. The zero-order valence-electron chi connectivity index (χ0n) is 17.5. The lowest BCUT2D eigenvalue weighted by molar-refractivity contribution is -0.117. The number of methoxy groups -OCH3 is 1. The molecule has 0 saturated carbocycles. The summed E-state index contributed by atoms with van der Waals surface area (Å²) in [5, 5.41) is 2.91. The third kappa shape index (κ3) is 3.72. The number of sulfonamides is 1. The first-order chi connectivity index (χ1) is 15.4. The highest BCUT2D eigenvalue weighted by atomic mass is 32.2. The van der Waals surface area contributed by atoms with E-state index in [4.69, 9.17) is 4.74 Å². The molecule has 0 bridgehead atoms. The Morgan fingerprint density at radius 2 is 1.62 bits per heavy atom. The Kier molecular flexibility index (Phi) is 5.11. The molecule has 164 valence electrons. The summed E-state index contributed by atoms with van der Waals surface area (Å²) in [6.07, 6.45) is 0.420. The molecule has 32 heavy (non-hydrogen) atoms. The van der Waals surface area contributed by atoms with Gasteiger partial charge in [-0.15, -0.1) is 0 Å². The number of hydrogen-bond donors (Lipinski definition) is 2. The van der Waals surface area contributed by atoms with E-state index in [2.05, 4.69) is 10.0 Å². The van der Waals surface area contributed by atoms with Gasteiger partial charge in [0.15, 0.2) is 0 Å². The van der Waals surface area contributed by atoms with Gasteiger partial charge in [0.05, 0.1) is 23.4 Å². The Balaban J connectivity index is 1.32. The maximum absolute atomic E-state index is 13.0. The number of amides is 1. The largest absolute Gasteiger partial charge is 0.497 e. The molecular formula is C24H23N3O4S. The van der Waals surface area contributed by atoms with E-state index in [1.807, 2.05) is 53.4 Å². The van der Waals surface area contributed by atoms with Crippen molar-refractivity contribution in [3.63, 3.8) is 0 Å². The first-order valence-corrected chi connectivity index (χ1v) is 11.9. The normalized spacial score (nSPS) is 19.8. The molecule has 1 amide bonds. The van der Waals surface area contributed by atoms with E-state index in [-0.39, 0.29) is 22.9 Å². The second-order valence-corrected chi connectivity index (χ2v) is 9.70. The number of benzene rings is 3. The Labute approximate surface area is 187 Å². The molecule has 1 fully saturated rings. The number of fused-ring (bicyclic) bond motifs is 3. The number of anilines is 2. The summed E-state index contributed by atoms with van der Waals surface area (Å²) in [5.41, 5.74) is 3.56. The van der Waals surface area contributed by atoms with Gasteiger partial charge in [-0.05, 0) is 53.9 Å². The lowest BCUT2D eigenvalue weighted by Gasteiger charge is -2.32. The Morgan fingerprint density at radius 1 is 0.969 bits per heavy atom. The molecule has 2 aliphatic heterocycles. The second-order valence-electron chi connectivity index (χ2n) is 7.98. The molecule has 2 atom stereocenters. The highest BCUT2D eigenvalue weighted by Gasteiger charge is 2.42. The van der Waals surface area contributed by atoms with Crippen LogP contribution in [0.5, 0.6) is 5.75 Å². The molecule has 2 unspecified atom stereocenters. The molecule has 2 N–H and O–H groups in total.